The van der Waals surface area contributed by atoms with Gasteiger partial charge in [-0.15, -0.1) is 0 Å². The van der Waals surface area contributed by atoms with Crippen LogP contribution in [0.1, 0.15) is 29.2 Å². The van der Waals surface area contributed by atoms with Crippen molar-refractivity contribution in [1.82, 2.24) is 10.6 Å². The zero-order valence-electron chi connectivity index (χ0n) is 17.4. The van der Waals surface area contributed by atoms with Crippen molar-refractivity contribution in [2.24, 2.45) is 0 Å². The van der Waals surface area contributed by atoms with Crippen LogP contribution < -0.4 is 10.6 Å². The van der Waals surface area contributed by atoms with E-state index >= 15 is 0 Å². The van der Waals surface area contributed by atoms with Crippen LogP contribution in [0.3, 0.4) is 0 Å². The van der Waals surface area contributed by atoms with Crippen molar-refractivity contribution in [3.63, 3.8) is 0 Å². The Labute approximate surface area is 198 Å². The normalized spacial score (nSPS) is 13.0. The van der Waals surface area contributed by atoms with Crippen molar-refractivity contribution in [3.8, 4) is 11.1 Å². The van der Waals surface area contributed by atoms with Crippen LogP contribution in [0.15, 0.2) is 69.8 Å². The number of carbonyl (C=O) groups excluding carboxylic acids is 2. The van der Waals surface area contributed by atoms with Crippen LogP contribution in [0.4, 0.5) is 4.79 Å². The highest BCUT2D eigenvalue weighted by Crippen LogP contribution is 2.44. The number of fused-ring (bicyclic) bond motifs is 3. The van der Waals surface area contributed by atoms with Crippen LogP contribution in [-0.4, -0.2) is 35.7 Å². The molecule has 0 aliphatic heterocycles. The number of halogens is 1. The number of benzene rings is 2. The molecule has 0 saturated heterocycles. The average molecular weight is 513 g/mol. The monoisotopic (exact) mass is 512 g/mol. The van der Waals surface area contributed by atoms with Crippen LogP contribution in [-0.2, 0) is 20.9 Å². The van der Waals surface area contributed by atoms with Gasteiger partial charge < -0.3 is 24.9 Å². The molecule has 1 aliphatic carbocycles. The number of carboxylic acids is 1. The van der Waals surface area contributed by atoms with E-state index in [4.69, 9.17) is 14.3 Å². The number of carboxylic acid groups (broad SMARTS) is 1. The fraction of sp³-hybridized carbons (Fsp3) is 0.208. The minimum atomic E-state index is -1.29. The first-order chi connectivity index (χ1) is 15.9. The predicted octanol–water partition coefficient (Wildman–Crippen LogP) is 4.04. The van der Waals surface area contributed by atoms with E-state index in [1.165, 1.54) is 0 Å². The Morgan fingerprint density at radius 3 is 2.21 bits per heavy atom. The van der Waals surface area contributed by atoms with Crippen molar-refractivity contribution < 1.29 is 28.6 Å². The molecule has 33 heavy (non-hydrogen) atoms. The number of amides is 2. The second-order valence-corrected chi connectivity index (χ2v) is 8.33. The van der Waals surface area contributed by atoms with E-state index in [1.807, 2.05) is 48.5 Å². The number of aliphatic carboxylic acids is 1. The Kier molecular flexibility index (Phi) is 6.79. The first-order valence-corrected chi connectivity index (χ1v) is 11.1. The molecule has 0 spiro atoms. The van der Waals surface area contributed by atoms with Crippen molar-refractivity contribution in [2.75, 3.05) is 6.61 Å². The smallest absolute Gasteiger partial charge is 0.407 e. The summed E-state index contributed by atoms with van der Waals surface area (Å²) in [6.45, 7) is 0.106. The molecule has 1 aliphatic rings. The number of furan rings is 1. The second kappa shape index (κ2) is 9.91. The lowest BCUT2D eigenvalue weighted by molar-refractivity contribution is -0.139. The molecule has 0 bridgehead atoms. The van der Waals surface area contributed by atoms with Crippen LogP contribution in [0.2, 0.25) is 0 Å². The maximum absolute atomic E-state index is 12.5. The molecule has 1 heterocycles. The van der Waals surface area contributed by atoms with Crippen molar-refractivity contribution >= 4 is 33.9 Å². The average Bonchev–Trinajstić information content (AvgIpc) is 3.36. The zero-order chi connectivity index (χ0) is 23.4. The summed E-state index contributed by atoms with van der Waals surface area (Å²) in [5.74, 6) is -1.55. The molecule has 1 unspecified atom stereocenters. The molecule has 2 aromatic carbocycles. The largest absolute Gasteiger partial charge is 0.481 e. The van der Waals surface area contributed by atoms with Crippen molar-refractivity contribution in [2.45, 2.75) is 24.9 Å². The number of rotatable bonds is 8. The number of hydrogen-bond donors (Lipinski definition) is 3. The fourth-order valence-corrected chi connectivity index (χ4v) is 4.25. The minimum Gasteiger partial charge on any atom is -0.481 e. The third kappa shape index (κ3) is 5.25. The third-order valence-corrected chi connectivity index (χ3v) is 5.82. The highest BCUT2D eigenvalue weighted by atomic mass is 79.9. The molecule has 0 saturated carbocycles. The highest BCUT2D eigenvalue weighted by molar-refractivity contribution is 9.10. The summed E-state index contributed by atoms with van der Waals surface area (Å²) >= 11 is 3.17. The maximum atomic E-state index is 12.5. The van der Waals surface area contributed by atoms with Gasteiger partial charge in [-0.1, -0.05) is 48.5 Å². The van der Waals surface area contributed by atoms with Gasteiger partial charge in [-0.3, -0.25) is 9.59 Å². The van der Waals surface area contributed by atoms with E-state index in [0.29, 0.717) is 10.4 Å². The Bertz CT molecular complexity index is 1150. The number of alkyl carbamates (subject to hydrolysis) is 1. The molecule has 0 fully saturated rings. The number of carbonyl (C=O) groups is 3. The molecule has 3 N–H and O–H groups in total. The first kappa shape index (κ1) is 22.6. The molecule has 9 heteroatoms. The number of nitrogens with one attached hydrogen (secondary N) is 2. The van der Waals surface area contributed by atoms with E-state index in [0.717, 1.165) is 22.3 Å². The van der Waals surface area contributed by atoms with Gasteiger partial charge >= 0.3 is 12.1 Å². The van der Waals surface area contributed by atoms with Crippen molar-refractivity contribution in [1.29, 1.82) is 0 Å². The topological polar surface area (TPSA) is 118 Å². The maximum Gasteiger partial charge on any atom is 0.407 e. The Morgan fingerprint density at radius 2 is 1.64 bits per heavy atom. The lowest BCUT2D eigenvalue weighted by atomic mass is 9.98. The molecule has 170 valence electrons. The van der Waals surface area contributed by atoms with Gasteiger partial charge in [-0.25, -0.2) is 4.79 Å². The van der Waals surface area contributed by atoms with E-state index in [-0.39, 0.29) is 19.1 Å². The lowest BCUT2D eigenvalue weighted by Crippen LogP contribution is -2.48. The zero-order valence-corrected chi connectivity index (χ0v) is 19.0. The summed E-state index contributed by atoms with van der Waals surface area (Å²) in [6, 6.07) is 17.9. The fourth-order valence-electron chi connectivity index (χ4n) is 3.91. The Morgan fingerprint density at radius 1 is 1.00 bits per heavy atom. The molecule has 0 radical (unpaired) electrons. The summed E-state index contributed by atoms with van der Waals surface area (Å²) in [7, 11) is 0. The Balaban J connectivity index is 1.38. The standard InChI is InChI=1S/C24H21BrN2O6/c25-21-10-9-14(33-21)12-26-23(30)20(11-22(28)29)27-24(31)32-13-19-17-7-3-1-5-15(17)16-6-2-4-8-18(16)19/h1-10,19-20H,11-13H2,(H,26,30)(H,27,31)(H,28,29). The molecule has 8 nitrogen and oxygen atoms in total. The van der Waals surface area contributed by atoms with Gasteiger partial charge in [0.1, 0.15) is 18.4 Å². The van der Waals surface area contributed by atoms with E-state index in [1.54, 1.807) is 12.1 Å². The summed E-state index contributed by atoms with van der Waals surface area (Å²) in [5, 5.41) is 14.1. The van der Waals surface area contributed by atoms with Gasteiger partial charge in [-0.2, -0.15) is 0 Å². The summed E-state index contributed by atoms with van der Waals surface area (Å²) in [5.41, 5.74) is 4.29. The first-order valence-electron chi connectivity index (χ1n) is 10.3. The van der Waals surface area contributed by atoms with Crippen molar-refractivity contribution in [3.05, 3.63) is 82.2 Å². The molecule has 2 amide bonds. The van der Waals surface area contributed by atoms with E-state index < -0.39 is 30.4 Å². The minimum absolute atomic E-state index is 0.0485. The predicted molar refractivity (Wildman–Crippen MR) is 123 cm³/mol. The molecule has 1 aromatic heterocycles. The van der Waals surface area contributed by atoms with E-state index in [2.05, 4.69) is 26.6 Å². The van der Waals surface area contributed by atoms with Gasteiger partial charge in [-0.05, 0) is 50.3 Å². The molecule has 3 aromatic rings. The quantitative estimate of drug-likeness (QED) is 0.419. The lowest BCUT2D eigenvalue weighted by Gasteiger charge is -2.18. The molecular weight excluding hydrogens is 492 g/mol. The second-order valence-electron chi connectivity index (χ2n) is 7.54. The highest BCUT2D eigenvalue weighted by Gasteiger charge is 2.30. The molecule has 1 atom stereocenters. The van der Waals surface area contributed by atoms with Gasteiger partial charge in [0.25, 0.3) is 0 Å². The van der Waals surface area contributed by atoms with Crippen LogP contribution in [0, 0.1) is 0 Å². The van der Waals surface area contributed by atoms with Gasteiger partial charge in [0, 0.05) is 5.92 Å². The third-order valence-electron chi connectivity index (χ3n) is 5.40. The van der Waals surface area contributed by atoms with Gasteiger partial charge in [0.2, 0.25) is 5.91 Å². The SMILES string of the molecule is O=C(O)CC(NC(=O)OCC1c2ccccc2-c2ccccc21)C(=O)NCc1ccc(Br)o1. The summed E-state index contributed by atoms with van der Waals surface area (Å²) in [4.78, 5) is 36.2. The van der Waals surface area contributed by atoms with Gasteiger partial charge in [0.05, 0.1) is 13.0 Å². The molecular formula is C24H21BrN2O6. The summed E-state index contributed by atoms with van der Waals surface area (Å²) < 4.78 is 11.2. The summed E-state index contributed by atoms with van der Waals surface area (Å²) in [6.07, 6.45) is -1.45. The molecule has 4 rings (SSSR count). The number of ether oxygens (including phenoxy) is 1. The van der Waals surface area contributed by atoms with Gasteiger partial charge in [0.15, 0.2) is 4.67 Å². The Hall–Kier alpha value is -3.59. The van der Waals surface area contributed by atoms with Crippen LogP contribution in [0.5, 0.6) is 0 Å². The number of hydrogen-bond acceptors (Lipinski definition) is 5. The van der Waals surface area contributed by atoms with E-state index in [9.17, 15) is 14.4 Å². The van der Waals surface area contributed by atoms with Crippen LogP contribution >= 0.6 is 15.9 Å². The van der Waals surface area contributed by atoms with Crippen LogP contribution in [0.25, 0.3) is 11.1 Å².